The number of carbonyl (C=O) groups excluding carboxylic acids is 1. The predicted octanol–water partition coefficient (Wildman–Crippen LogP) is 0.766. The molecule has 1 aliphatic heterocycles. The summed E-state index contributed by atoms with van der Waals surface area (Å²) in [6, 6.07) is 1.92. The Kier molecular flexibility index (Phi) is 4.69. The summed E-state index contributed by atoms with van der Waals surface area (Å²) < 4.78 is 5.68. The average Bonchev–Trinajstić information content (AvgIpc) is 2.85. The summed E-state index contributed by atoms with van der Waals surface area (Å²) in [5.74, 6) is 0.356. The Morgan fingerprint density at radius 3 is 3.00 bits per heavy atom. The predicted molar refractivity (Wildman–Crippen MR) is 82.0 cm³/mol. The highest BCUT2D eigenvalue weighted by molar-refractivity contribution is 5.86. The van der Waals surface area contributed by atoms with Crippen LogP contribution in [0.2, 0.25) is 0 Å². The van der Waals surface area contributed by atoms with Gasteiger partial charge in [-0.1, -0.05) is 12.8 Å². The smallest absolute Gasteiger partial charge is 0.242 e. The summed E-state index contributed by atoms with van der Waals surface area (Å²) in [5.41, 5.74) is 6.67. The molecule has 120 valence electrons. The van der Waals surface area contributed by atoms with Gasteiger partial charge in [0, 0.05) is 30.9 Å². The van der Waals surface area contributed by atoms with Crippen LogP contribution in [0.3, 0.4) is 0 Å². The van der Waals surface area contributed by atoms with Crippen LogP contribution in [0, 0.1) is 5.92 Å². The molecule has 2 fully saturated rings. The molecule has 2 aliphatic rings. The molecule has 22 heavy (non-hydrogen) atoms. The number of nitrogens with zero attached hydrogens (tertiary/aromatic N) is 3. The second kappa shape index (κ2) is 6.71. The third-order valence-corrected chi connectivity index (χ3v) is 4.69. The number of aromatic nitrogens is 2. The van der Waals surface area contributed by atoms with Crippen molar-refractivity contribution in [1.29, 1.82) is 0 Å². The zero-order valence-electron chi connectivity index (χ0n) is 12.9. The van der Waals surface area contributed by atoms with Crippen LogP contribution in [0.1, 0.15) is 31.4 Å². The van der Waals surface area contributed by atoms with Gasteiger partial charge in [0.05, 0.1) is 18.8 Å². The number of nitrogens with two attached hydrogens (primary N) is 1. The standard InChI is InChI=1S/C16H24N4O2/c17-16(4-1-2-5-16)15(21)20-7-8-22-11-13(10-20)9-14-3-6-18-12-19-14/h3,6,12-13H,1-2,4-5,7-11,17H2. The van der Waals surface area contributed by atoms with Gasteiger partial charge in [0.15, 0.2) is 0 Å². The van der Waals surface area contributed by atoms with Crippen LogP contribution in [0.5, 0.6) is 0 Å². The molecule has 1 saturated carbocycles. The number of ether oxygens (including phenoxy) is 1. The van der Waals surface area contributed by atoms with Crippen LogP contribution in [0.15, 0.2) is 18.6 Å². The molecule has 1 aromatic heterocycles. The van der Waals surface area contributed by atoms with Crippen LogP contribution in [-0.2, 0) is 16.0 Å². The van der Waals surface area contributed by atoms with Gasteiger partial charge in [-0.2, -0.15) is 0 Å². The molecular weight excluding hydrogens is 280 g/mol. The lowest BCUT2D eigenvalue weighted by Crippen LogP contribution is -2.54. The van der Waals surface area contributed by atoms with E-state index >= 15 is 0 Å². The molecule has 2 heterocycles. The number of hydrogen-bond acceptors (Lipinski definition) is 5. The third-order valence-electron chi connectivity index (χ3n) is 4.69. The lowest BCUT2D eigenvalue weighted by atomic mass is 9.96. The molecule has 0 radical (unpaired) electrons. The Hall–Kier alpha value is -1.53. The van der Waals surface area contributed by atoms with Crippen molar-refractivity contribution >= 4 is 5.91 Å². The first-order valence-corrected chi connectivity index (χ1v) is 8.08. The van der Waals surface area contributed by atoms with Gasteiger partial charge in [0.1, 0.15) is 6.33 Å². The topological polar surface area (TPSA) is 81.3 Å². The number of carbonyl (C=O) groups is 1. The minimum Gasteiger partial charge on any atom is -0.379 e. The number of rotatable bonds is 3. The van der Waals surface area contributed by atoms with Gasteiger partial charge < -0.3 is 15.4 Å². The summed E-state index contributed by atoms with van der Waals surface area (Å²) >= 11 is 0. The van der Waals surface area contributed by atoms with E-state index < -0.39 is 5.54 Å². The van der Waals surface area contributed by atoms with Crippen LogP contribution in [0.4, 0.5) is 0 Å². The summed E-state index contributed by atoms with van der Waals surface area (Å²) in [4.78, 5) is 22.9. The highest BCUT2D eigenvalue weighted by atomic mass is 16.5. The van der Waals surface area contributed by atoms with Gasteiger partial charge >= 0.3 is 0 Å². The van der Waals surface area contributed by atoms with E-state index in [1.54, 1.807) is 12.5 Å². The molecule has 6 heteroatoms. The van der Waals surface area contributed by atoms with E-state index in [0.29, 0.717) is 26.3 Å². The summed E-state index contributed by atoms with van der Waals surface area (Å²) in [7, 11) is 0. The molecule has 0 spiro atoms. The van der Waals surface area contributed by atoms with Gasteiger partial charge in [0.2, 0.25) is 5.91 Å². The fourth-order valence-electron chi connectivity index (χ4n) is 3.46. The van der Waals surface area contributed by atoms with Crippen molar-refractivity contribution in [3.63, 3.8) is 0 Å². The fourth-order valence-corrected chi connectivity index (χ4v) is 3.46. The van der Waals surface area contributed by atoms with E-state index in [2.05, 4.69) is 9.97 Å². The van der Waals surface area contributed by atoms with Gasteiger partial charge in [-0.15, -0.1) is 0 Å². The first kappa shape index (κ1) is 15.4. The molecule has 1 aliphatic carbocycles. The lowest BCUT2D eigenvalue weighted by Gasteiger charge is -2.31. The van der Waals surface area contributed by atoms with Crippen molar-refractivity contribution < 1.29 is 9.53 Å². The molecular formula is C16H24N4O2. The monoisotopic (exact) mass is 304 g/mol. The van der Waals surface area contributed by atoms with Gasteiger partial charge in [-0.05, 0) is 25.3 Å². The van der Waals surface area contributed by atoms with Gasteiger partial charge in [0.25, 0.3) is 0 Å². The van der Waals surface area contributed by atoms with E-state index in [9.17, 15) is 4.79 Å². The van der Waals surface area contributed by atoms with E-state index in [-0.39, 0.29) is 11.8 Å². The van der Waals surface area contributed by atoms with Crippen LogP contribution in [0.25, 0.3) is 0 Å². The van der Waals surface area contributed by atoms with Crippen molar-refractivity contribution in [3.8, 4) is 0 Å². The maximum Gasteiger partial charge on any atom is 0.242 e. The third kappa shape index (κ3) is 3.44. The Morgan fingerprint density at radius 2 is 2.27 bits per heavy atom. The van der Waals surface area contributed by atoms with E-state index in [4.69, 9.17) is 10.5 Å². The van der Waals surface area contributed by atoms with Gasteiger partial charge in [-0.25, -0.2) is 9.97 Å². The molecule has 0 bridgehead atoms. The van der Waals surface area contributed by atoms with Crippen molar-refractivity contribution in [2.75, 3.05) is 26.3 Å². The normalized spacial score (nSPS) is 25.0. The Bertz CT molecular complexity index is 502. The first-order valence-electron chi connectivity index (χ1n) is 8.08. The minimum absolute atomic E-state index is 0.100. The highest BCUT2D eigenvalue weighted by Gasteiger charge is 2.40. The van der Waals surface area contributed by atoms with Crippen LogP contribution < -0.4 is 5.73 Å². The second-order valence-corrected chi connectivity index (χ2v) is 6.46. The van der Waals surface area contributed by atoms with Crippen molar-refractivity contribution in [2.45, 2.75) is 37.6 Å². The number of amides is 1. The molecule has 1 amide bonds. The molecule has 1 atom stereocenters. The van der Waals surface area contributed by atoms with E-state index in [1.807, 2.05) is 11.0 Å². The minimum atomic E-state index is -0.649. The Balaban J connectivity index is 1.66. The SMILES string of the molecule is NC1(C(=O)N2CCOCC(Cc3ccncn3)C2)CCCC1. The summed E-state index contributed by atoms with van der Waals surface area (Å²) in [6.07, 6.45) is 7.82. The number of hydrogen-bond donors (Lipinski definition) is 1. The van der Waals surface area contributed by atoms with Crippen molar-refractivity contribution in [1.82, 2.24) is 14.9 Å². The first-order chi connectivity index (χ1) is 10.7. The molecule has 1 saturated heterocycles. The molecule has 0 aromatic carbocycles. The lowest BCUT2D eigenvalue weighted by molar-refractivity contribution is -0.137. The zero-order valence-corrected chi connectivity index (χ0v) is 12.9. The van der Waals surface area contributed by atoms with Crippen LogP contribution in [-0.4, -0.2) is 52.6 Å². The molecule has 3 rings (SSSR count). The zero-order chi connectivity index (χ0) is 15.4. The maximum atomic E-state index is 12.8. The summed E-state index contributed by atoms with van der Waals surface area (Å²) in [5, 5.41) is 0. The second-order valence-electron chi connectivity index (χ2n) is 6.46. The van der Waals surface area contributed by atoms with Crippen molar-refractivity contribution in [2.24, 2.45) is 11.7 Å². The van der Waals surface area contributed by atoms with Crippen molar-refractivity contribution in [3.05, 3.63) is 24.3 Å². The summed E-state index contributed by atoms with van der Waals surface area (Å²) in [6.45, 7) is 2.58. The maximum absolute atomic E-state index is 12.8. The molecule has 6 nitrogen and oxygen atoms in total. The van der Waals surface area contributed by atoms with Gasteiger partial charge in [-0.3, -0.25) is 4.79 Å². The Labute approximate surface area is 131 Å². The highest BCUT2D eigenvalue weighted by Crippen LogP contribution is 2.29. The largest absolute Gasteiger partial charge is 0.379 e. The molecule has 1 unspecified atom stereocenters. The Morgan fingerprint density at radius 1 is 1.45 bits per heavy atom. The quantitative estimate of drug-likeness (QED) is 0.892. The molecule has 1 aromatic rings. The average molecular weight is 304 g/mol. The van der Waals surface area contributed by atoms with E-state index in [1.165, 1.54) is 0 Å². The van der Waals surface area contributed by atoms with Crippen LogP contribution >= 0.6 is 0 Å². The fraction of sp³-hybridized carbons (Fsp3) is 0.688. The molecule has 2 N–H and O–H groups in total. The van der Waals surface area contributed by atoms with E-state index in [0.717, 1.165) is 37.8 Å².